The highest BCUT2D eigenvalue weighted by molar-refractivity contribution is 6.12. The van der Waals surface area contributed by atoms with Gasteiger partial charge in [-0.25, -0.2) is 9.37 Å². The first-order valence-electron chi connectivity index (χ1n) is 9.91. The molecule has 1 aromatic heterocycles. The molecule has 0 spiro atoms. The SMILES string of the molecule is Cc1c(C2C=NN(c3ccc(C(=O)N4CCN(C)CC4)cn3)C2=O)ccc(C#N)c1F. The maximum atomic E-state index is 14.3. The molecule has 1 unspecified atom stereocenters. The summed E-state index contributed by atoms with van der Waals surface area (Å²) < 4.78 is 14.3. The molecular weight excluding hydrogens is 399 g/mol. The number of carbonyl (C=O) groups excluding carboxylic acids is 2. The van der Waals surface area contributed by atoms with Crippen molar-refractivity contribution in [1.82, 2.24) is 14.8 Å². The topological polar surface area (TPSA) is 92.9 Å². The minimum Gasteiger partial charge on any atom is -0.336 e. The first-order chi connectivity index (χ1) is 14.9. The summed E-state index contributed by atoms with van der Waals surface area (Å²) in [6.07, 6.45) is 2.87. The van der Waals surface area contributed by atoms with Gasteiger partial charge >= 0.3 is 0 Å². The van der Waals surface area contributed by atoms with Gasteiger partial charge in [-0.05, 0) is 43.3 Å². The monoisotopic (exact) mass is 420 g/mol. The Morgan fingerprint density at radius 2 is 1.94 bits per heavy atom. The predicted octanol–water partition coefficient (Wildman–Crippen LogP) is 1.90. The van der Waals surface area contributed by atoms with Crippen molar-refractivity contribution in [1.29, 1.82) is 5.26 Å². The Kier molecular flexibility index (Phi) is 5.48. The fourth-order valence-electron chi connectivity index (χ4n) is 3.72. The zero-order valence-corrected chi connectivity index (χ0v) is 17.2. The van der Waals surface area contributed by atoms with E-state index in [0.717, 1.165) is 18.1 Å². The minimum absolute atomic E-state index is 0.0669. The summed E-state index contributed by atoms with van der Waals surface area (Å²) in [6, 6.07) is 7.93. The van der Waals surface area contributed by atoms with Crippen molar-refractivity contribution >= 4 is 23.8 Å². The maximum Gasteiger partial charge on any atom is 0.261 e. The van der Waals surface area contributed by atoms with E-state index in [4.69, 9.17) is 5.26 Å². The van der Waals surface area contributed by atoms with Gasteiger partial charge in [0.25, 0.3) is 11.8 Å². The summed E-state index contributed by atoms with van der Waals surface area (Å²) in [6.45, 7) is 4.50. The third-order valence-electron chi connectivity index (χ3n) is 5.69. The number of likely N-dealkylation sites (N-methyl/N-ethyl adjacent to an activating group) is 1. The number of amides is 2. The molecular formula is C22H21FN6O2. The average Bonchev–Trinajstić information content (AvgIpc) is 3.17. The average molecular weight is 420 g/mol. The van der Waals surface area contributed by atoms with Crippen LogP contribution < -0.4 is 5.01 Å². The highest BCUT2D eigenvalue weighted by Crippen LogP contribution is 2.30. The van der Waals surface area contributed by atoms with Gasteiger partial charge in [0.05, 0.1) is 11.1 Å². The van der Waals surface area contributed by atoms with Crippen LogP contribution in [0.5, 0.6) is 0 Å². The smallest absolute Gasteiger partial charge is 0.261 e. The molecule has 4 rings (SSSR count). The Labute approximate surface area is 179 Å². The zero-order valence-electron chi connectivity index (χ0n) is 17.2. The van der Waals surface area contributed by atoms with E-state index < -0.39 is 11.7 Å². The molecule has 31 heavy (non-hydrogen) atoms. The van der Waals surface area contributed by atoms with Gasteiger partial charge < -0.3 is 9.80 Å². The van der Waals surface area contributed by atoms with E-state index in [-0.39, 0.29) is 28.8 Å². The summed E-state index contributed by atoms with van der Waals surface area (Å²) >= 11 is 0. The molecule has 2 amide bonds. The van der Waals surface area contributed by atoms with Gasteiger partial charge in [-0.1, -0.05) is 6.07 Å². The van der Waals surface area contributed by atoms with Crippen molar-refractivity contribution in [3.05, 3.63) is 58.5 Å². The van der Waals surface area contributed by atoms with E-state index >= 15 is 0 Å². The van der Waals surface area contributed by atoms with Gasteiger partial charge in [0.1, 0.15) is 17.8 Å². The second kappa shape index (κ2) is 8.24. The number of pyridine rings is 1. The predicted molar refractivity (Wildman–Crippen MR) is 112 cm³/mol. The third kappa shape index (κ3) is 3.78. The number of hydrogen-bond donors (Lipinski definition) is 0. The number of nitrogens with zero attached hydrogens (tertiary/aromatic N) is 6. The van der Waals surface area contributed by atoms with E-state index in [0.29, 0.717) is 24.2 Å². The largest absolute Gasteiger partial charge is 0.336 e. The molecule has 0 radical (unpaired) electrons. The molecule has 158 valence electrons. The maximum absolute atomic E-state index is 14.3. The number of hydrogen-bond acceptors (Lipinski definition) is 6. The Morgan fingerprint density at radius 1 is 1.19 bits per heavy atom. The number of aromatic nitrogens is 1. The van der Waals surface area contributed by atoms with E-state index in [1.807, 2.05) is 7.05 Å². The molecule has 2 aliphatic rings. The standard InChI is InChI=1S/C22H21FN6O2/c1-14-17(5-3-15(11-24)20(14)23)18-13-26-29(22(18)31)19-6-4-16(12-25-19)21(30)28-9-7-27(2)8-10-28/h3-6,12-13,18H,7-10H2,1-2H3. The van der Waals surface area contributed by atoms with Crippen molar-refractivity contribution in [3.63, 3.8) is 0 Å². The van der Waals surface area contributed by atoms with Crippen LogP contribution in [0.4, 0.5) is 10.2 Å². The Hall–Kier alpha value is -3.64. The van der Waals surface area contributed by atoms with Crippen LogP contribution in [0.1, 0.15) is 33.0 Å². The fraction of sp³-hybridized carbons (Fsp3) is 0.318. The highest BCUT2D eigenvalue weighted by atomic mass is 19.1. The number of nitriles is 1. The lowest BCUT2D eigenvalue weighted by atomic mass is 9.93. The number of piperazine rings is 1. The summed E-state index contributed by atoms with van der Waals surface area (Å²) in [5.74, 6) is -1.59. The van der Waals surface area contributed by atoms with Crippen LogP contribution in [0.15, 0.2) is 35.6 Å². The highest BCUT2D eigenvalue weighted by Gasteiger charge is 2.33. The molecule has 1 saturated heterocycles. The van der Waals surface area contributed by atoms with E-state index in [1.165, 1.54) is 25.4 Å². The summed E-state index contributed by atoms with van der Waals surface area (Å²) in [5, 5.41) is 14.3. The molecule has 2 aromatic rings. The summed E-state index contributed by atoms with van der Waals surface area (Å²) in [5.41, 5.74) is 1.08. The van der Waals surface area contributed by atoms with Gasteiger partial charge in [-0.15, -0.1) is 0 Å². The second-order valence-electron chi connectivity index (χ2n) is 7.65. The molecule has 0 N–H and O–H groups in total. The van der Waals surface area contributed by atoms with Gasteiger partial charge in [0.15, 0.2) is 5.82 Å². The quantitative estimate of drug-likeness (QED) is 0.756. The van der Waals surface area contributed by atoms with E-state index in [2.05, 4.69) is 15.0 Å². The van der Waals surface area contributed by atoms with Gasteiger partial charge in [-0.3, -0.25) is 9.59 Å². The van der Waals surface area contributed by atoms with Crippen LogP contribution in [0.2, 0.25) is 0 Å². The number of carbonyl (C=O) groups is 2. The molecule has 2 aliphatic heterocycles. The number of anilines is 1. The molecule has 1 atom stereocenters. The number of halogens is 1. The van der Waals surface area contributed by atoms with Crippen molar-refractivity contribution in [3.8, 4) is 6.07 Å². The summed E-state index contributed by atoms with van der Waals surface area (Å²) in [7, 11) is 2.02. The first kappa shape index (κ1) is 20.6. The van der Waals surface area contributed by atoms with Crippen molar-refractivity contribution in [2.45, 2.75) is 12.8 Å². The molecule has 1 aromatic carbocycles. The van der Waals surface area contributed by atoms with Crippen LogP contribution in [0.3, 0.4) is 0 Å². The van der Waals surface area contributed by atoms with E-state index in [1.54, 1.807) is 29.2 Å². The molecule has 0 bridgehead atoms. The molecule has 9 heteroatoms. The minimum atomic E-state index is -0.768. The Bertz CT molecular complexity index is 1100. The lowest BCUT2D eigenvalue weighted by Gasteiger charge is -2.32. The van der Waals surface area contributed by atoms with Gasteiger partial charge in [-0.2, -0.15) is 15.4 Å². The Morgan fingerprint density at radius 3 is 2.58 bits per heavy atom. The van der Waals surface area contributed by atoms with Crippen LogP contribution in [0.25, 0.3) is 0 Å². The number of hydrazone groups is 1. The molecule has 8 nitrogen and oxygen atoms in total. The second-order valence-corrected chi connectivity index (χ2v) is 7.65. The van der Waals surface area contributed by atoms with Crippen LogP contribution >= 0.6 is 0 Å². The number of benzene rings is 1. The molecule has 1 fully saturated rings. The lowest BCUT2D eigenvalue weighted by molar-refractivity contribution is -0.118. The van der Waals surface area contributed by atoms with Crippen LogP contribution in [0, 0.1) is 24.1 Å². The van der Waals surface area contributed by atoms with Crippen molar-refractivity contribution in [2.75, 3.05) is 38.2 Å². The Balaban J connectivity index is 1.50. The molecule has 0 saturated carbocycles. The van der Waals surface area contributed by atoms with Crippen molar-refractivity contribution in [2.24, 2.45) is 5.10 Å². The lowest BCUT2D eigenvalue weighted by Crippen LogP contribution is -2.47. The van der Waals surface area contributed by atoms with Crippen LogP contribution in [-0.4, -0.2) is 66.0 Å². The zero-order chi connectivity index (χ0) is 22.1. The fourth-order valence-corrected chi connectivity index (χ4v) is 3.72. The van der Waals surface area contributed by atoms with Crippen LogP contribution in [-0.2, 0) is 4.79 Å². The number of rotatable bonds is 3. The summed E-state index contributed by atoms with van der Waals surface area (Å²) in [4.78, 5) is 33.8. The van der Waals surface area contributed by atoms with E-state index in [9.17, 15) is 14.0 Å². The molecule has 0 aliphatic carbocycles. The van der Waals surface area contributed by atoms with Crippen molar-refractivity contribution < 1.29 is 14.0 Å². The van der Waals surface area contributed by atoms with Gasteiger partial charge in [0.2, 0.25) is 0 Å². The third-order valence-corrected chi connectivity index (χ3v) is 5.69. The normalized spacial score (nSPS) is 19.0. The van der Waals surface area contributed by atoms with Gasteiger partial charge in [0, 0.05) is 38.6 Å². The molecule has 3 heterocycles. The first-order valence-corrected chi connectivity index (χ1v) is 9.91.